The summed E-state index contributed by atoms with van der Waals surface area (Å²) in [5.74, 6) is -0.902. The van der Waals surface area contributed by atoms with E-state index >= 15 is 0 Å². The molecule has 1 saturated heterocycles. The van der Waals surface area contributed by atoms with Gasteiger partial charge in [0.15, 0.2) is 0 Å². The van der Waals surface area contributed by atoms with Gasteiger partial charge in [-0.05, 0) is 12.0 Å². The number of rotatable bonds is 5. The van der Waals surface area contributed by atoms with Crippen molar-refractivity contribution < 1.29 is 14.7 Å². The predicted molar refractivity (Wildman–Crippen MR) is 75.6 cm³/mol. The first-order valence-corrected chi connectivity index (χ1v) is 6.87. The van der Waals surface area contributed by atoms with Gasteiger partial charge < -0.3 is 15.3 Å². The fourth-order valence-electron chi connectivity index (χ4n) is 2.62. The van der Waals surface area contributed by atoms with Crippen molar-refractivity contribution in [3.8, 4) is 0 Å². The van der Waals surface area contributed by atoms with Crippen molar-refractivity contribution >= 4 is 12.0 Å². The van der Waals surface area contributed by atoms with Crippen LogP contribution < -0.4 is 5.32 Å². The highest BCUT2D eigenvalue weighted by Gasteiger charge is 2.44. The Kier molecular flexibility index (Phi) is 4.27. The van der Waals surface area contributed by atoms with Gasteiger partial charge in [0.1, 0.15) is 0 Å². The standard InChI is InChI=1S/C15H20N2O3/c1-2-15(12-6-4-3-5-7-12)10-17(11-15)14(20)16-9-8-13(18)19/h3-7H,2,8-11H2,1H3,(H,16,20)(H,18,19). The van der Waals surface area contributed by atoms with E-state index in [0.717, 1.165) is 6.42 Å². The fourth-order valence-corrected chi connectivity index (χ4v) is 2.62. The van der Waals surface area contributed by atoms with Gasteiger partial charge >= 0.3 is 12.0 Å². The second-order valence-electron chi connectivity index (χ2n) is 5.23. The number of benzene rings is 1. The van der Waals surface area contributed by atoms with Crippen LogP contribution in [0, 0.1) is 0 Å². The third-order valence-corrected chi connectivity index (χ3v) is 3.95. The normalized spacial score (nSPS) is 16.4. The summed E-state index contributed by atoms with van der Waals surface area (Å²) in [7, 11) is 0. The molecule has 0 bridgehead atoms. The maximum atomic E-state index is 11.9. The molecule has 1 heterocycles. The molecule has 1 aliphatic heterocycles. The highest BCUT2D eigenvalue weighted by molar-refractivity contribution is 5.76. The number of amides is 2. The molecule has 5 nitrogen and oxygen atoms in total. The number of urea groups is 1. The van der Waals surface area contributed by atoms with E-state index in [2.05, 4.69) is 24.4 Å². The monoisotopic (exact) mass is 276 g/mol. The van der Waals surface area contributed by atoms with E-state index in [1.807, 2.05) is 18.2 Å². The lowest BCUT2D eigenvalue weighted by Crippen LogP contribution is -2.63. The van der Waals surface area contributed by atoms with E-state index < -0.39 is 5.97 Å². The minimum absolute atomic E-state index is 0.0445. The molecule has 0 radical (unpaired) electrons. The summed E-state index contributed by atoms with van der Waals surface area (Å²) in [5, 5.41) is 11.2. The van der Waals surface area contributed by atoms with Crippen LogP contribution in [0.5, 0.6) is 0 Å². The van der Waals surface area contributed by atoms with Gasteiger partial charge in [-0.25, -0.2) is 4.79 Å². The van der Waals surface area contributed by atoms with Gasteiger partial charge in [0.05, 0.1) is 6.42 Å². The Morgan fingerprint density at radius 1 is 1.30 bits per heavy atom. The van der Waals surface area contributed by atoms with E-state index in [9.17, 15) is 9.59 Å². The Balaban J connectivity index is 1.88. The van der Waals surface area contributed by atoms with Crippen molar-refractivity contribution in [2.45, 2.75) is 25.2 Å². The van der Waals surface area contributed by atoms with Gasteiger partial charge in [0.25, 0.3) is 0 Å². The molecule has 1 aromatic rings. The lowest BCUT2D eigenvalue weighted by atomic mass is 9.72. The predicted octanol–water partition coefficient (Wildman–Crippen LogP) is 1.83. The molecule has 2 rings (SSSR count). The van der Waals surface area contributed by atoms with Crippen molar-refractivity contribution in [3.05, 3.63) is 35.9 Å². The van der Waals surface area contributed by atoms with Crippen LogP contribution in [-0.2, 0) is 10.2 Å². The number of aliphatic carboxylic acids is 1. The van der Waals surface area contributed by atoms with Crippen LogP contribution in [0.15, 0.2) is 30.3 Å². The smallest absolute Gasteiger partial charge is 0.317 e. The first-order chi connectivity index (χ1) is 9.57. The zero-order valence-corrected chi connectivity index (χ0v) is 11.6. The molecule has 0 aliphatic carbocycles. The van der Waals surface area contributed by atoms with Crippen LogP contribution in [-0.4, -0.2) is 41.6 Å². The number of hydrogen-bond acceptors (Lipinski definition) is 2. The third-order valence-electron chi connectivity index (χ3n) is 3.95. The zero-order valence-electron chi connectivity index (χ0n) is 11.6. The number of carboxylic acid groups (broad SMARTS) is 1. The minimum atomic E-state index is -0.902. The second-order valence-corrected chi connectivity index (χ2v) is 5.23. The molecule has 108 valence electrons. The van der Waals surface area contributed by atoms with Crippen molar-refractivity contribution in [2.24, 2.45) is 0 Å². The summed E-state index contributed by atoms with van der Waals surface area (Å²) in [6.45, 7) is 3.68. The fraction of sp³-hybridized carbons (Fsp3) is 0.467. The van der Waals surface area contributed by atoms with Crippen LogP contribution in [0.1, 0.15) is 25.3 Å². The van der Waals surface area contributed by atoms with Gasteiger partial charge in [0, 0.05) is 25.0 Å². The maximum Gasteiger partial charge on any atom is 0.317 e. The molecule has 0 atom stereocenters. The van der Waals surface area contributed by atoms with Crippen LogP contribution >= 0.6 is 0 Å². The average molecular weight is 276 g/mol. The van der Waals surface area contributed by atoms with Gasteiger partial charge in [-0.1, -0.05) is 37.3 Å². The number of carboxylic acids is 1. The number of nitrogens with one attached hydrogen (secondary N) is 1. The molecule has 2 amide bonds. The van der Waals surface area contributed by atoms with E-state index in [1.165, 1.54) is 5.56 Å². The van der Waals surface area contributed by atoms with Crippen LogP contribution in [0.25, 0.3) is 0 Å². The molecular formula is C15H20N2O3. The van der Waals surface area contributed by atoms with Crippen molar-refractivity contribution in [1.29, 1.82) is 0 Å². The van der Waals surface area contributed by atoms with Crippen molar-refractivity contribution in [1.82, 2.24) is 10.2 Å². The van der Waals surface area contributed by atoms with E-state index in [0.29, 0.717) is 13.1 Å². The Bertz CT molecular complexity index is 481. The zero-order chi connectivity index (χ0) is 14.6. The Hall–Kier alpha value is -2.04. The first kappa shape index (κ1) is 14.4. The van der Waals surface area contributed by atoms with E-state index in [1.54, 1.807) is 4.90 Å². The lowest BCUT2D eigenvalue weighted by molar-refractivity contribution is -0.136. The summed E-state index contributed by atoms with van der Waals surface area (Å²) in [4.78, 5) is 24.0. The molecular weight excluding hydrogens is 256 g/mol. The lowest BCUT2D eigenvalue weighted by Gasteiger charge is -2.50. The van der Waals surface area contributed by atoms with Crippen LogP contribution in [0.4, 0.5) is 4.79 Å². The summed E-state index contributed by atoms with van der Waals surface area (Å²) >= 11 is 0. The first-order valence-electron chi connectivity index (χ1n) is 6.87. The molecule has 0 saturated carbocycles. The molecule has 2 N–H and O–H groups in total. The van der Waals surface area contributed by atoms with Crippen molar-refractivity contribution in [2.75, 3.05) is 19.6 Å². The summed E-state index contributed by atoms with van der Waals surface area (Å²) < 4.78 is 0. The van der Waals surface area contributed by atoms with Gasteiger partial charge in [-0.15, -0.1) is 0 Å². The number of carbonyl (C=O) groups excluding carboxylic acids is 1. The quantitative estimate of drug-likeness (QED) is 0.862. The number of nitrogens with zero attached hydrogens (tertiary/aromatic N) is 1. The molecule has 1 aromatic carbocycles. The Labute approximate surface area is 118 Å². The molecule has 5 heteroatoms. The molecule has 0 unspecified atom stereocenters. The molecule has 20 heavy (non-hydrogen) atoms. The molecule has 1 aliphatic rings. The second kappa shape index (κ2) is 5.94. The highest BCUT2D eigenvalue weighted by atomic mass is 16.4. The minimum Gasteiger partial charge on any atom is -0.481 e. The number of hydrogen-bond donors (Lipinski definition) is 2. The highest BCUT2D eigenvalue weighted by Crippen LogP contribution is 2.37. The average Bonchev–Trinajstić information content (AvgIpc) is 2.39. The van der Waals surface area contributed by atoms with E-state index in [-0.39, 0.29) is 24.4 Å². The summed E-state index contributed by atoms with van der Waals surface area (Å²) in [6, 6.07) is 10.0. The van der Waals surface area contributed by atoms with Crippen LogP contribution in [0.3, 0.4) is 0 Å². The van der Waals surface area contributed by atoms with Gasteiger partial charge in [-0.3, -0.25) is 4.79 Å². The number of carbonyl (C=O) groups is 2. The summed E-state index contributed by atoms with van der Waals surface area (Å²) in [6.07, 6.45) is 0.938. The SMILES string of the molecule is CCC1(c2ccccc2)CN(C(=O)NCCC(=O)O)C1. The van der Waals surface area contributed by atoms with Gasteiger partial charge in [0.2, 0.25) is 0 Å². The Morgan fingerprint density at radius 2 is 1.95 bits per heavy atom. The molecule has 0 aromatic heterocycles. The summed E-state index contributed by atoms with van der Waals surface area (Å²) in [5.41, 5.74) is 1.31. The molecule has 0 spiro atoms. The maximum absolute atomic E-state index is 11.9. The largest absolute Gasteiger partial charge is 0.481 e. The van der Waals surface area contributed by atoms with Gasteiger partial charge in [-0.2, -0.15) is 0 Å². The topological polar surface area (TPSA) is 69.6 Å². The van der Waals surface area contributed by atoms with E-state index in [4.69, 9.17) is 5.11 Å². The third kappa shape index (κ3) is 2.92. The Morgan fingerprint density at radius 3 is 2.50 bits per heavy atom. The molecule has 1 fully saturated rings. The van der Waals surface area contributed by atoms with Crippen LogP contribution in [0.2, 0.25) is 0 Å². The van der Waals surface area contributed by atoms with Crippen molar-refractivity contribution in [3.63, 3.8) is 0 Å². The number of likely N-dealkylation sites (tertiary alicyclic amines) is 1.